The molecule has 178 valence electrons. The van der Waals surface area contributed by atoms with Crippen LogP contribution in [0.4, 0.5) is 5.69 Å². The normalized spacial score (nSPS) is 10.3. The number of benzene rings is 2. The minimum Gasteiger partial charge on any atom is -0.493 e. The number of hydrogen-bond acceptors (Lipinski definition) is 10. The van der Waals surface area contributed by atoms with E-state index in [2.05, 4.69) is 20.8 Å². The van der Waals surface area contributed by atoms with Gasteiger partial charge in [0, 0.05) is 36.3 Å². The number of rotatable bonds is 10. The summed E-state index contributed by atoms with van der Waals surface area (Å²) >= 11 is 0. The minimum atomic E-state index is -0.636. The van der Waals surface area contributed by atoms with E-state index in [9.17, 15) is 19.7 Å². The van der Waals surface area contributed by atoms with E-state index < -0.39 is 16.7 Å². The van der Waals surface area contributed by atoms with Gasteiger partial charge in [-0.25, -0.2) is 0 Å². The van der Waals surface area contributed by atoms with Crippen LogP contribution in [0.25, 0.3) is 11.4 Å². The first-order valence-electron chi connectivity index (χ1n) is 9.82. The Morgan fingerprint density at radius 3 is 2.09 bits per heavy atom. The van der Waals surface area contributed by atoms with Gasteiger partial charge < -0.3 is 29.4 Å². The Morgan fingerprint density at radius 2 is 1.56 bits per heavy atom. The van der Waals surface area contributed by atoms with Crippen LogP contribution in [-0.4, -0.2) is 61.3 Å². The van der Waals surface area contributed by atoms with Crippen molar-refractivity contribution in [3.8, 4) is 28.6 Å². The van der Waals surface area contributed by atoms with E-state index in [1.54, 1.807) is 0 Å². The molecule has 3 rings (SSSR count). The smallest absolute Gasteiger partial charge is 0.316 e. The van der Waals surface area contributed by atoms with E-state index in [1.807, 2.05) is 0 Å². The van der Waals surface area contributed by atoms with Crippen molar-refractivity contribution < 1.29 is 33.2 Å². The monoisotopic (exact) mass is 471 g/mol. The van der Waals surface area contributed by atoms with Crippen molar-refractivity contribution in [2.75, 3.05) is 34.4 Å². The molecular weight excluding hydrogens is 450 g/mol. The van der Waals surface area contributed by atoms with Crippen LogP contribution in [-0.2, 0) is 0 Å². The molecule has 0 atom stereocenters. The van der Waals surface area contributed by atoms with Crippen molar-refractivity contribution in [2.45, 2.75) is 0 Å². The molecule has 0 unspecified atom stereocenters. The summed E-state index contributed by atoms with van der Waals surface area (Å²) in [6.07, 6.45) is 0. The first kappa shape index (κ1) is 24.0. The third-order valence-corrected chi connectivity index (χ3v) is 4.58. The Balaban J connectivity index is 1.54. The van der Waals surface area contributed by atoms with Crippen molar-refractivity contribution in [2.24, 2.45) is 0 Å². The average Bonchev–Trinajstić information content (AvgIpc) is 3.36. The van der Waals surface area contributed by atoms with E-state index in [0.717, 1.165) is 0 Å². The second kappa shape index (κ2) is 10.8. The van der Waals surface area contributed by atoms with E-state index in [0.29, 0.717) is 22.8 Å². The first-order valence-corrected chi connectivity index (χ1v) is 9.82. The van der Waals surface area contributed by atoms with Gasteiger partial charge in [0.15, 0.2) is 11.5 Å². The zero-order valence-corrected chi connectivity index (χ0v) is 18.5. The van der Waals surface area contributed by atoms with Gasteiger partial charge in [-0.15, -0.1) is 0 Å². The standard InChI is InChI=1S/C21H21N5O8/c1-31-15-10-13(11-16(32-2)17(15)33-3)19(27)22-8-9-23-20(28)21-24-18(25-34-21)12-4-6-14(7-5-12)26(29)30/h4-7,10-11H,8-9H2,1-3H3,(H,22,27)(H,23,28). The van der Waals surface area contributed by atoms with Gasteiger partial charge in [0.2, 0.25) is 11.6 Å². The van der Waals surface area contributed by atoms with Crippen LogP contribution in [0.2, 0.25) is 0 Å². The van der Waals surface area contributed by atoms with Gasteiger partial charge in [-0.05, 0) is 24.3 Å². The molecule has 34 heavy (non-hydrogen) atoms. The number of carbonyl (C=O) groups excluding carboxylic acids is 2. The molecular formula is C21H21N5O8. The van der Waals surface area contributed by atoms with Gasteiger partial charge in [-0.1, -0.05) is 5.16 Å². The summed E-state index contributed by atoms with van der Waals surface area (Å²) in [7, 11) is 4.35. The zero-order chi connectivity index (χ0) is 24.7. The number of carbonyl (C=O) groups is 2. The van der Waals surface area contributed by atoms with Gasteiger partial charge >= 0.3 is 11.8 Å². The van der Waals surface area contributed by atoms with Crippen LogP contribution in [0.5, 0.6) is 17.2 Å². The second-order valence-corrected chi connectivity index (χ2v) is 6.65. The van der Waals surface area contributed by atoms with Crippen LogP contribution >= 0.6 is 0 Å². The number of methoxy groups -OCH3 is 3. The molecule has 0 bridgehead atoms. The molecule has 0 aliphatic carbocycles. The number of ether oxygens (including phenoxy) is 3. The Morgan fingerprint density at radius 1 is 0.971 bits per heavy atom. The molecule has 0 saturated carbocycles. The maximum Gasteiger partial charge on any atom is 0.316 e. The van der Waals surface area contributed by atoms with Crippen LogP contribution in [0, 0.1) is 10.1 Å². The van der Waals surface area contributed by atoms with Crippen molar-refractivity contribution in [1.82, 2.24) is 20.8 Å². The Labute approximate surface area is 193 Å². The van der Waals surface area contributed by atoms with E-state index in [4.69, 9.17) is 18.7 Å². The summed E-state index contributed by atoms with van der Waals surface area (Å²) in [6, 6.07) is 8.50. The number of aromatic nitrogens is 2. The molecule has 0 spiro atoms. The van der Waals surface area contributed by atoms with Crippen LogP contribution in [0.3, 0.4) is 0 Å². The summed E-state index contributed by atoms with van der Waals surface area (Å²) in [5.41, 5.74) is 0.648. The lowest BCUT2D eigenvalue weighted by atomic mass is 10.1. The van der Waals surface area contributed by atoms with Gasteiger partial charge in [0.1, 0.15) is 0 Å². The van der Waals surface area contributed by atoms with Crippen molar-refractivity contribution >= 4 is 17.5 Å². The molecule has 2 aromatic carbocycles. The Bertz CT molecular complexity index is 1170. The van der Waals surface area contributed by atoms with Gasteiger partial charge in [0.25, 0.3) is 11.6 Å². The lowest BCUT2D eigenvalue weighted by Gasteiger charge is -2.14. The van der Waals surface area contributed by atoms with E-state index in [1.165, 1.54) is 57.7 Å². The highest BCUT2D eigenvalue weighted by Gasteiger charge is 2.18. The molecule has 1 heterocycles. The Kier molecular flexibility index (Phi) is 7.59. The number of nitrogens with one attached hydrogen (secondary N) is 2. The first-order chi connectivity index (χ1) is 16.4. The third-order valence-electron chi connectivity index (χ3n) is 4.58. The topological polar surface area (TPSA) is 168 Å². The fraction of sp³-hybridized carbons (Fsp3) is 0.238. The van der Waals surface area contributed by atoms with Crippen molar-refractivity contribution in [1.29, 1.82) is 0 Å². The maximum absolute atomic E-state index is 12.5. The highest BCUT2D eigenvalue weighted by Crippen LogP contribution is 2.38. The van der Waals surface area contributed by atoms with Gasteiger partial charge in [0.05, 0.1) is 26.3 Å². The molecule has 0 fully saturated rings. The molecule has 0 aliphatic rings. The number of hydrogen-bond donors (Lipinski definition) is 2. The average molecular weight is 471 g/mol. The van der Waals surface area contributed by atoms with Crippen molar-refractivity contribution in [3.63, 3.8) is 0 Å². The lowest BCUT2D eigenvalue weighted by Crippen LogP contribution is -2.34. The third kappa shape index (κ3) is 5.38. The molecule has 13 heteroatoms. The lowest BCUT2D eigenvalue weighted by molar-refractivity contribution is -0.384. The maximum atomic E-state index is 12.5. The summed E-state index contributed by atoms with van der Waals surface area (Å²) in [5.74, 6) is -0.197. The van der Waals surface area contributed by atoms with E-state index in [-0.39, 0.29) is 36.1 Å². The van der Waals surface area contributed by atoms with Crippen LogP contribution in [0.1, 0.15) is 21.0 Å². The molecule has 0 saturated heterocycles. The molecule has 3 aromatic rings. The van der Waals surface area contributed by atoms with Crippen LogP contribution < -0.4 is 24.8 Å². The zero-order valence-electron chi connectivity index (χ0n) is 18.5. The molecule has 2 N–H and O–H groups in total. The van der Waals surface area contributed by atoms with Crippen molar-refractivity contribution in [3.05, 3.63) is 58.0 Å². The number of nitro benzene ring substituents is 1. The van der Waals surface area contributed by atoms with Crippen LogP contribution in [0.15, 0.2) is 40.9 Å². The summed E-state index contributed by atoms with van der Waals surface area (Å²) in [6.45, 7) is 0.203. The summed E-state index contributed by atoms with van der Waals surface area (Å²) in [5, 5.41) is 19.7. The quantitative estimate of drug-likeness (QED) is 0.253. The summed E-state index contributed by atoms with van der Waals surface area (Å²) < 4.78 is 20.6. The van der Waals surface area contributed by atoms with E-state index >= 15 is 0 Å². The SMILES string of the molecule is COc1cc(C(=O)NCCNC(=O)c2nc(-c3ccc([N+](=O)[O-])cc3)no2)cc(OC)c1OC. The van der Waals surface area contributed by atoms with Gasteiger partial charge in [-0.2, -0.15) is 4.98 Å². The Hall–Kier alpha value is -4.68. The second-order valence-electron chi connectivity index (χ2n) is 6.65. The molecule has 13 nitrogen and oxygen atoms in total. The number of nitrogens with zero attached hydrogens (tertiary/aromatic N) is 3. The minimum absolute atomic E-state index is 0.0845. The highest BCUT2D eigenvalue weighted by atomic mass is 16.6. The van der Waals surface area contributed by atoms with Gasteiger partial charge in [-0.3, -0.25) is 19.7 Å². The molecule has 1 aromatic heterocycles. The largest absolute Gasteiger partial charge is 0.493 e. The number of non-ortho nitro benzene ring substituents is 1. The molecule has 2 amide bonds. The highest BCUT2D eigenvalue weighted by molar-refractivity contribution is 5.95. The molecule has 0 aliphatic heterocycles. The predicted molar refractivity (Wildman–Crippen MR) is 117 cm³/mol. The predicted octanol–water partition coefficient (Wildman–Crippen LogP) is 1.83. The summed E-state index contributed by atoms with van der Waals surface area (Å²) in [4.78, 5) is 38.9. The number of nitro groups is 1. The molecule has 0 radical (unpaired) electrons. The fourth-order valence-corrected chi connectivity index (χ4v) is 2.91. The number of amides is 2. The fourth-order valence-electron chi connectivity index (χ4n) is 2.91.